The van der Waals surface area contributed by atoms with Gasteiger partial charge in [-0.15, -0.1) is 0 Å². The number of rotatable bonds is 60. The molecule has 0 aromatic rings. The standard InChI is InChI=1S/2C32H64O4S.Ca/c2*1-3-5-7-9-11-13-15-16-17-18-20-22-24-26-28-30-32(31-36-37(33,34)35)29-27-25-23-21-19-14-12-10-8-6-4-2;/h2*27,29,32H,3-26,28,30-31H2,1-2H3,(H,33,34,35);/q;;+2/p-2/b2*29-27+;. The molecule has 11 heteroatoms. The predicted octanol–water partition coefficient (Wildman–Crippen LogP) is 21.3. The van der Waals surface area contributed by atoms with Crippen molar-refractivity contribution in [2.45, 2.75) is 362 Å². The van der Waals surface area contributed by atoms with Crippen LogP contribution in [-0.2, 0) is 29.2 Å². The zero-order valence-corrected chi connectivity index (χ0v) is 54.3. The van der Waals surface area contributed by atoms with Crippen molar-refractivity contribution in [2.75, 3.05) is 13.2 Å². The van der Waals surface area contributed by atoms with E-state index in [2.05, 4.69) is 60.4 Å². The minimum absolute atomic E-state index is 0. The van der Waals surface area contributed by atoms with Crippen LogP contribution in [0, 0.1) is 11.8 Å². The zero-order chi connectivity index (χ0) is 54.6. The Balaban J connectivity index is -0.00000136. The number of hydrogen-bond donors (Lipinski definition) is 0. The van der Waals surface area contributed by atoms with Gasteiger partial charge in [0.15, 0.2) is 0 Å². The van der Waals surface area contributed by atoms with E-state index in [-0.39, 0.29) is 62.8 Å². The molecule has 0 saturated carbocycles. The van der Waals surface area contributed by atoms with Gasteiger partial charge in [-0.3, -0.25) is 8.37 Å². The second-order valence-electron chi connectivity index (χ2n) is 22.5. The molecule has 0 radical (unpaired) electrons. The van der Waals surface area contributed by atoms with Crippen LogP contribution in [0.4, 0.5) is 0 Å². The van der Waals surface area contributed by atoms with E-state index in [1.807, 2.05) is 0 Å². The van der Waals surface area contributed by atoms with Gasteiger partial charge in [-0.25, -0.2) is 16.8 Å². The maximum Gasteiger partial charge on any atom is 2.00 e. The molecule has 0 aromatic heterocycles. The average molecular weight is 1130 g/mol. The third-order valence-electron chi connectivity index (χ3n) is 15.0. The molecule has 75 heavy (non-hydrogen) atoms. The summed E-state index contributed by atoms with van der Waals surface area (Å²) >= 11 is 0. The van der Waals surface area contributed by atoms with Crippen molar-refractivity contribution >= 4 is 58.5 Å². The topological polar surface area (TPSA) is 133 Å². The Kier molecular flexibility index (Phi) is 69.4. The van der Waals surface area contributed by atoms with Gasteiger partial charge in [0, 0.05) is 11.8 Å². The molecule has 0 bridgehead atoms. The average Bonchev–Trinajstić information content (AvgIpc) is 3.37. The fourth-order valence-electron chi connectivity index (χ4n) is 10.1. The van der Waals surface area contributed by atoms with Crippen LogP contribution in [0.5, 0.6) is 0 Å². The minimum Gasteiger partial charge on any atom is -0.726 e. The molecule has 0 saturated heterocycles. The van der Waals surface area contributed by atoms with Gasteiger partial charge in [-0.05, 0) is 38.5 Å². The van der Waals surface area contributed by atoms with E-state index in [1.165, 1.54) is 295 Å². The van der Waals surface area contributed by atoms with E-state index in [0.717, 1.165) is 38.5 Å². The Labute approximate surface area is 499 Å². The molecular formula is C64H126CaO8S2. The maximum absolute atomic E-state index is 10.9. The maximum atomic E-state index is 10.9. The third-order valence-corrected chi connectivity index (χ3v) is 15.8. The molecule has 0 spiro atoms. The predicted molar refractivity (Wildman–Crippen MR) is 325 cm³/mol. The first kappa shape index (κ1) is 79.7. The minimum atomic E-state index is -4.62. The number of allylic oxidation sites excluding steroid dienone is 2. The van der Waals surface area contributed by atoms with Crippen molar-refractivity contribution in [3.05, 3.63) is 24.3 Å². The molecule has 0 N–H and O–H groups in total. The number of unbranched alkanes of at least 4 members (excludes halogenated alkanes) is 46. The molecule has 0 heterocycles. The second-order valence-corrected chi connectivity index (χ2v) is 24.6. The molecule has 0 amide bonds. The zero-order valence-electron chi connectivity index (χ0n) is 50.4. The summed E-state index contributed by atoms with van der Waals surface area (Å²) < 4.78 is 74.6. The summed E-state index contributed by atoms with van der Waals surface area (Å²) in [6, 6.07) is 0. The van der Waals surface area contributed by atoms with Gasteiger partial charge in [0.05, 0.1) is 13.2 Å². The Bertz CT molecular complexity index is 1260. The Morgan fingerprint density at radius 3 is 0.653 bits per heavy atom. The molecule has 2 unspecified atom stereocenters. The van der Waals surface area contributed by atoms with E-state index >= 15 is 0 Å². The molecule has 444 valence electrons. The molecule has 0 rings (SSSR count). The molecule has 2 atom stereocenters. The fourth-order valence-corrected chi connectivity index (χ4v) is 10.8. The van der Waals surface area contributed by atoms with E-state index in [4.69, 9.17) is 0 Å². The van der Waals surface area contributed by atoms with Crippen molar-refractivity contribution in [1.29, 1.82) is 0 Å². The van der Waals surface area contributed by atoms with E-state index in [0.29, 0.717) is 0 Å². The smallest absolute Gasteiger partial charge is 0.726 e. The molecule has 0 aliphatic heterocycles. The van der Waals surface area contributed by atoms with Gasteiger partial charge in [0.25, 0.3) is 0 Å². The third kappa shape index (κ3) is 74.5. The molecule has 0 aliphatic carbocycles. The van der Waals surface area contributed by atoms with Crippen molar-refractivity contribution in [1.82, 2.24) is 0 Å². The van der Waals surface area contributed by atoms with Gasteiger partial charge >= 0.3 is 37.7 Å². The summed E-state index contributed by atoms with van der Waals surface area (Å²) in [4.78, 5) is 0. The second kappa shape index (κ2) is 65.3. The first-order valence-electron chi connectivity index (χ1n) is 32.5. The van der Waals surface area contributed by atoms with Crippen LogP contribution < -0.4 is 0 Å². The molecule has 0 aliphatic rings. The first-order valence-corrected chi connectivity index (χ1v) is 35.2. The summed E-state index contributed by atoms with van der Waals surface area (Å²) in [5, 5.41) is 0. The van der Waals surface area contributed by atoms with Gasteiger partial charge in [0.2, 0.25) is 20.8 Å². The van der Waals surface area contributed by atoms with Crippen LogP contribution in [0.15, 0.2) is 24.3 Å². The van der Waals surface area contributed by atoms with E-state index in [1.54, 1.807) is 0 Å². The largest absolute Gasteiger partial charge is 2.00 e. The van der Waals surface area contributed by atoms with Crippen molar-refractivity contribution in [2.24, 2.45) is 11.8 Å². The summed E-state index contributed by atoms with van der Waals surface area (Å²) in [5.74, 6) is 0.0357. The molecule has 0 fully saturated rings. The monoisotopic (exact) mass is 1130 g/mol. The Morgan fingerprint density at radius 2 is 0.467 bits per heavy atom. The van der Waals surface area contributed by atoms with Gasteiger partial charge in [0.1, 0.15) is 0 Å². The first-order chi connectivity index (χ1) is 36.0. The normalized spacial score (nSPS) is 12.9. The fraction of sp³-hybridized carbons (Fsp3) is 0.938. The summed E-state index contributed by atoms with van der Waals surface area (Å²) in [5.41, 5.74) is 0. The summed E-state index contributed by atoms with van der Waals surface area (Å²) in [6.07, 6.45) is 76.1. The van der Waals surface area contributed by atoms with Crippen LogP contribution in [0.2, 0.25) is 0 Å². The van der Waals surface area contributed by atoms with Crippen LogP contribution in [-0.4, -0.2) is 76.9 Å². The van der Waals surface area contributed by atoms with Crippen LogP contribution >= 0.6 is 0 Å². The van der Waals surface area contributed by atoms with E-state index in [9.17, 15) is 25.9 Å². The van der Waals surface area contributed by atoms with Gasteiger partial charge in [-0.1, -0.05) is 347 Å². The summed E-state index contributed by atoms with van der Waals surface area (Å²) in [7, 11) is -9.23. The van der Waals surface area contributed by atoms with Crippen molar-refractivity contribution in [3.63, 3.8) is 0 Å². The van der Waals surface area contributed by atoms with Crippen LogP contribution in [0.25, 0.3) is 0 Å². The van der Waals surface area contributed by atoms with Crippen molar-refractivity contribution < 1.29 is 34.3 Å². The molecule has 0 aromatic carbocycles. The number of hydrogen-bond acceptors (Lipinski definition) is 8. The quantitative estimate of drug-likeness (QED) is 0.0193. The summed E-state index contributed by atoms with van der Waals surface area (Å²) in [6.45, 7) is 9.02. The van der Waals surface area contributed by atoms with Crippen LogP contribution in [0.3, 0.4) is 0 Å². The van der Waals surface area contributed by atoms with Crippen molar-refractivity contribution in [3.8, 4) is 0 Å². The van der Waals surface area contributed by atoms with Crippen LogP contribution in [0.1, 0.15) is 362 Å². The molecule has 8 nitrogen and oxygen atoms in total. The SMILES string of the molecule is CCCCCCCCCCC/C=C/C(CCCCCCCCCCCCCCCCC)COS(=O)(=O)[O-].CCCCCCCCCCC/C=C/C(CCCCCCCCCCCCCCCCC)COS(=O)(=O)[O-].[Ca+2]. The Hall–Kier alpha value is 0.480. The van der Waals surface area contributed by atoms with Gasteiger partial charge in [-0.2, -0.15) is 0 Å². The Morgan fingerprint density at radius 1 is 0.293 bits per heavy atom. The van der Waals surface area contributed by atoms with E-state index < -0.39 is 20.8 Å². The van der Waals surface area contributed by atoms with Gasteiger partial charge < -0.3 is 9.11 Å². The molecular weight excluding hydrogens is 1000 g/mol.